The first-order valence-corrected chi connectivity index (χ1v) is 10.4. The lowest BCUT2D eigenvalue weighted by molar-refractivity contribution is -0.114. The van der Waals surface area contributed by atoms with Crippen LogP contribution in [0.25, 0.3) is 0 Å². The van der Waals surface area contributed by atoms with Gasteiger partial charge in [-0.3, -0.25) is 14.7 Å². The number of halogens is 1. The Hall–Kier alpha value is -3.04. The molecular weight excluding hydrogens is 399 g/mol. The molecule has 1 aliphatic rings. The predicted octanol–water partition coefficient (Wildman–Crippen LogP) is 1.79. The summed E-state index contributed by atoms with van der Waals surface area (Å²) in [5.41, 5.74) is 1.64. The Balaban J connectivity index is 1.63. The Bertz CT molecular complexity index is 841. The fraction of sp³-hybridized carbons (Fsp3) is 0.409. The number of aromatic nitrogens is 1. The number of morpholine rings is 1. The van der Waals surface area contributed by atoms with Gasteiger partial charge in [-0.15, -0.1) is 0 Å². The Labute approximate surface area is 181 Å². The number of benzene rings is 1. The van der Waals surface area contributed by atoms with Crippen LogP contribution < -0.4 is 16.0 Å². The minimum Gasteiger partial charge on any atom is -0.379 e. The summed E-state index contributed by atoms with van der Waals surface area (Å²) in [4.78, 5) is 22.9. The van der Waals surface area contributed by atoms with Gasteiger partial charge in [0.2, 0.25) is 5.91 Å². The zero-order chi connectivity index (χ0) is 21.9. The summed E-state index contributed by atoms with van der Waals surface area (Å²) in [7, 11) is 0. The van der Waals surface area contributed by atoms with Crippen LogP contribution in [0.15, 0.2) is 53.8 Å². The number of hydrogen-bond acceptors (Lipinski definition) is 5. The van der Waals surface area contributed by atoms with Gasteiger partial charge in [0.15, 0.2) is 5.96 Å². The normalized spacial score (nSPS) is 15.9. The first-order chi connectivity index (χ1) is 15.2. The molecule has 31 heavy (non-hydrogen) atoms. The van der Waals surface area contributed by atoms with E-state index < -0.39 is 0 Å². The molecular formula is C22H29FN6O2. The van der Waals surface area contributed by atoms with Crippen LogP contribution in [0.2, 0.25) is 0 Å². The van der Waals surface area contributed by atoms with E-state index in [4.69, 9.17) is 4.74 Å². The predicted molar refractivity (Wildman–Crippen MR) is 118 cm³/mol. The first-order valence-electron chi connectivity index (χ1n) is 10.4. The van der Waals surface area contributed by atoms with Crippen LogP contribution in [0.5, 0.6) is 0 Å². The summed E-state index contributed by atoms with van der Waals surface area (Å²) < 4.78 is 18.9. The van der Waals surface area contributed by atoms with Crippen molar-refractivity contribution in [3.8, 4) is 0 Å². The van der Waals surface area contributed by atoms with Gasteiger partial charge in [0.1, 0.15) is 12.4 Å². The third-order valence-electron chi connectivity index (χ3n) is 4.87. The quantitative estimate of drug-likeness (QED) is 0.439. The minimum atomic E-state index is -0.257. The maximum Gasteiger partial charge on any atom is 0.246 e. The van der Waals surface area contributed by atoms with Crippen LogP contribution in [-0.2, 0) is 9.53 Å². The van der Waals surface area contributed by atoms with Gasteiger partial charge >= 0.3 is 0 Å². The molecule has 3 rings (SSSR count). The van der Waals surface area contributed by atoms with Gasteiger partial charge in [0.05, 0.1) is 31.1 Å². The summed E-state index contributed by atoms with van der Waals surface area (Å²) in [5.74, 6) is 0.0599. The second-order valence-electron chi connectivity index (χ2n) is 7.08. The molecule has 1 aromatic carbocycles. The van der Waals surface area contributed by atoms with Gasteiger partial charge in [-0.25, -0.2) is 9.38 Å². The van der Waals surface area contributed by atoms with Gasteiger partial charge in [-0.2, -0.15) is 0 Å². The molecule has 1 unspecified atom stereocenters. The maximum atomic E-state index is 13.4. The van der Waals surface area contributed by atoms with Crippen molar-refractivity contribution < 1.29 is 13.9 Å². The van der Waals surface area contributed by atoms with Crippen LogP contribution in [0.1, 0.15) is 18.5 Å². The van der Waals surface area contributed by atoms with E-state index in [0.717, 1.165) is 18.7 Å². The van der Waals surface area contributed by atoms with E-state index in [9.17, 15) is 9.18 Å². The molecule has 2 aromatic rings. The number of rotatable bonds is 8. The summed E-state index contributed by atoms with van der Waals surface area (Å²) in [6.45, 7) is 6.09. The van der Waals surface area contributed by atoms with Crippen molar-refractivity contribution in [2.75, 3.05) is 51.3 Å². The molecule has 0 aliphatic carbocycles. The molecule has 1 aliphatic heterocycles. The van der Waals surface area contributed by atoms with E-state index in [1.807, 2.05) is 19.1 Å². The van der Waals surface area contributed by atoms with E-state index in [-0.39, 0.29) is 24.3 Å². The van der Waals surface area contributed by atoms with Crippen LogP contribution in [0.4, 0.5) is 10.1 Å². The first kappa shape index (κ1) is 22.6. The molecule has 2 heterocycles. The topological polar surface area (TPSA) is 90.9 Å². The largest absolute Gasteiger partial charge is 0.379 e. The molecule has 1 saturated heterocycles. The smallest absolute Gasteiger partial charge is 0.246 e. The van der Waals surface area contributed by atoms with Gasteiger partial charge in [-0.1, -0.05) is 12.1 Å². The number of aliphatic imine (C=N–C) groups is 1. The van der Waals surface area contributed by atoms with E-state index in [0.29, 0.717) is 38.0 Å². The molecule has 1 fully saturated rings. The lowest BCUT2D eigenvalue weighted by Crippen LogP contribution is -2.46. The average molecular weight is 429 g/mol. The summed E-state index contributed by atoms with van der Waals surface area (Å²) in [6, 6.07) is 10.1. The highest BCUT2D eigenvalue weighted by Crippen LogP contribution is 2.21. The van der Waals surface area contributed by atoms with E-state index >= 15 is 0 Å². The van der Waals surface area contributed by atoms with E-state index in [1.54, 1.807) is 24.5 Å². The van der Waals surface area contributed by atoms with Gasteiger partial charge in [0.25, 0.3) is 0 Å². The minimum absolute atomic E-state index is 0.0248. The molecule has 0 saturated carbocycles. The maximum absolute atomic E-state index is 13.4. The number of anilines is 1. The lowest BCUT2D eigenvalue weighted by atomic mass is 10.0. The van der Waals surface area contributed by atoms with E-state index in [1.165, 1.54) is 12.1 Å². The van der Waals surface area contributed by atoms with Crippen molar-refractivity contribution in [2.24, 2.45) is 4.99 Å². The summed E-state index contributed by atoms with van der Waals surface area (Å²) >= 11 is 0. The fourth-order valence-electron chi connectivity index (χ4n) is 3.36. The number of carbonyl (C=O) groups excluding carboxylic acids is 1. The number of guanidine groups is 1. The van der Waals surface area contributed by atoms with E-state index in [2.05, 4.69) is 30.8 Å². The van der Waals surface area contributed by atoms with Crippen molar-refractivity contribution in [1.82, 2.24) is 20.5 Å². The highest BCUT2D eigenvalue weighted by Gasteiger charge is 2.23. The SMILES string of the molecule is CCNC(=NCC(=O)Nc1cccnc1)NCC(c1ccc(F)cc1)N1CCOCC1. The Morgan fingerprint density at radius 2 is 2.00 bits per heavy atom. The highest BCUT2D eigenvalue weighted by atomic mass is 19.1. The third kappa shape index (κ3) is 7.30. The summed E-state index contributed by atoms with van der Waals surface area (Å²) in [6.07, 6.45) is 3.23. The van der Waals surface area contributed by atoms with Crippen LogP contribution in [0.3, 0.4) is 0 Å². The van der Waals surface area contributed by atoms with Crippen LogP contribution in [0, 0.1) is 5.82 Å². The standard InChI is InChI=1S/C22H29FN6O2/c1-2-25-22(27-16-21(30)28-19-4-3-9-24-14-19)26-15-20(29-10-12-31-13-11-29)17-5-7-18(23)8-6-17/h3-9,14,20H,2,10-13,15-16H2,1H3,(H,28,30)(H2,25,26,27). The molecule has 1 aromatic heterocycles. The van der Waals surface area contributed by atoms with Crippen molar-refractivity contribution in [2.45, 2.75) is 13.0 Å². The molecule has 0 bridgehead atoms. The molecule has 166 valence electrons. The van der Waals surface area contributed by atoms with Crippen molar-refractivity contribution >= 4 is 17.6 Å². The lowest BCUT2D eigenvalue weighted by Gasteiger charge is -2.35. The second-order valence-corrected chi connectivity index (χ2v) is 7.08. The zero-order valence-electron chi connectivity index (χ0n) is 17.7. The molecule has 3 N–H and O–H groups in total. The zero-order valence-corrected chi connectivity index (χ0v) is 17.7. The molecule has 0 radical (unpaired) electrons. The third-order valence-corrected chi connectivity index (χ3v) is 4.87. The molecule has 1 amide bonds. The monoisotopic (exact) mass is 428 g/mol. The highest BCUT2D eigenvalue weighted by molar-refractivity contribution is 5.93. The molecule has 9 heteroatoms. The number of nitrogens with zero attached hydrogens (tertiary/aromatic N) is 3. The average Bonchev–Trinajstić information content (AvgIpc) is 2.80. The van der Waals surface area contributed by atoms with Crippen molar-refractivity contribution in [3.63, 3.8) is 0 Å². The number of carbonyl (C=O) groups is 1. The number of nitrogens with one attached hydrogen (secondary N) is 3. The van der Waals surface area contributed by atoms with Gasteiger partial charge in [-0.05, 0) is 36.8 Å². The van der Waals surface area contributed by atoms with Gasteiger partial charge < -0.3 is 20.7 Å². The van der Waals surface area contributed by atoms with Gasteiger partial charge in [0, 0.05) is 32.4 Å². The Kier molecular flexibility index (Phi) is 8.74. The fourth-order valence-corrected chi connectivity index (χ4v) is 3.36. The number of ether oxygens (including phenoxy) is 1. The number of hydrogen-bond donors (Lipinski definition) is 3. The molecule has 8 nitrogen and oxygen atoms in total. The Morgan fingerprint density at radius 3 is 2.68 bits per heavy atom. The molecule has 0 spiro atoms. The number of amides is 1. The second kappa shape index (κ2) is 12.0. The van der Waals surface area contributed by atoms with Crippen LogP contribution in [-0.4, -0.2) is 67.7 Å². The molecule has 1 atom stereocenters. The summed E-state index contributed by atoms with van der Waals surface area (Å²) in [5, 5.41) is 9.25. The van der Waals surface area contributed by atoms with Crippen LogP contribution >= 0.6 is 0 Å². The van der Waals surface area contributed by atoms with Crippen molar-refractivity contribution in [1.29, 1.82) is 0 Å². The number of pyridine rings is 1. The van der Waals surface area contributed by atoms with Crippen molar-refractivity contribution in [3.05, 3.63) is 60.2 Å². The Morgan fingerprint density at radius 1 is 1.23 bits per heavy atom.